The lowest BCUT2D eigenvalue weighted by molar-refractivity contribution is -0.161. The van der Waals surface area contributed by atoms with Gasteiger partial charge in [-0.15, -0.1) is 0 Å². The SMILES string of the molecule is CCCCCCCCCCCCCCCCCCCCCCCC(=O)O[C@H](COC(=O)CCCCCCCCCCCCC)COP(=O)(O)OC[C@@H](O)COP(=O)(O)OC[C@@H](COC(=O)CCCCCCC)OC(=O)CCCCCCCCC. The Kier molecular flexibility index (Phi) is 58.6. The van der Waals surface area contributed by atoms with E-state index >= 15 is 0 Å². The monoisotopic (exact) mass is 1240 g/mol. The first-order valence-electron chi connectivity index (χ1n) is 34.3. The number of aliphatic hydroxyl groups is 1. The summed E-state index contributed by atoms with van der Waals surface area (Å²) >= 11 is 0. The highest BCUT2D eigenvalue weighted by Gasteiger charge is 2.30. The fraction of sp³-hybridized carbons (Fsp3) is 0.938. The number of carbonyl (C=O) groups is 4. The highest BCUT2D eigenvalue weighted by molar-refractivity contribution is 7.47. The number of esters is 4. The Balaban J connectivity index is 5.05. The zero-order valence-electron chi connectivity index (χ0n) is 53.9. The molecule has 0 aromatic heterocycles. The molecular formula is C65H126O17P2. The van der Waals surface area contributed by atoms with Crippen LogP contribution in [0.4, 0.5) is 0 Å². The Bertz CT molecular complexity index is 1620. The quantitative estimate of drug-likeness (QED) is 0.0222. The molecule has 2 unspecified atom stereocenters. The molecule has 0 aromatic rings. The van der Waals surface area contributed by atoms with Gasteiger partial charge in [0.25, 0.3) is 0 Å². The van der Waals surface area contributed by atoms with Gasteiger partial charge in [0.05, 0.1) is 26.4 Å². The summed E-state index contributed by atoms with van der Waals surface area (Å²) in [5, 5.41) is 10.5. The van der Waals surface area contributed by atoms with E-state index in [4.69, 9.17) is 37.0 Å². The second-order valence-electron chi connectivity index (χ2n) is 23.5. The Morgan fingerprint density at radius 2 is 0.476 bits per heavy atom. The minimum absolute atomic E-state index is 0.103. The largest absolute Gasteiger partial charge is 0.472 e. The first-order chi connectivity index (χ1) is 40.7. The van der Waals surface area contributed by atoms with Crippen molar-refractivity contribution in [1.82, 2.24) is 0 Å². The second kappa shape index (κ2) is 60.0. The number of unbranched alkanes of at least 4 members (excludes halogenated alkanes) is 40. The van der Waals surface area contributed by atoms with Crippen LogP contribution in [-0.4, -0.2) is 96.7 Å². The smallest absolute Gasteiger partial charge is 0.462 e. The van der Waals surface area contributed by atoms with Crippen molar-refractivity contribution in [3.63, 3.8) is 0 Å². The fourth-order valence-electron chi connectivity index (χ4n) is 9.81. The summed E-state index contributed by atoms with van der Waals surface area (Å²) in [6, 6.07) is 0. The lowest BCUT2D eigenvalue weighted by Gasteiger charge is -2.21. The number of hydrogen-bond acceptors (Lipinski definition) is 15. The second-order valence-corrected chi connectivity index (χ2v) is 26.4. The summed E-state index contributed by atoms with van der Waals surface area (Å²) in [5.74, 6) is -2.15. The van der Waals surface area contributed by atoms with Gasteiger partial charge < -0.3 is 33.8 Å². The number of rotatable bonds is 66. The van der Waals surface area contributed by atoms with Crippen molar-refractivity contribution in [1.29, 1.82) is 0 Å². The number of hydrogen-bond donors (Lipinski definition) is 3. The predicted octanol–water partition coefficient (Wildman–Crippen LogP) is 18.3. The molecule has 19 heteroatoms. The summed E-state index contributed by atoms with van der Waals surface area (Å²) in [7, 11) is -9.87. The van der Waals surface area contributed by atoms with E-state index in [1.54, 1.807) is 0 Å². The van der Waals surface area contributed by atoms with Gasteiger partial charge in [0.15, 0.2) is 12.2 Å². The maximum atomic E-state index is 13.0. The van der Waals surface area contributed by atoms with Crippen LogP contribution in [0.3, 0.4) is 0 Å². The summed E-state index contributed by atoms with van der Waals surface area (Å²) in [5.41, 5.74) is 0. The molecule has 498 valence electrons. The van der Waals surface area contributed by atoms with E-state index < -0.39 is 97.5 Å². The molecule has 0 aliphatic carbocycles. The van der Waals surface area contributed by atoms with E-state index in [0.29, 0.717) is 25.7 Å². The number of carbonyl (C=O) groups excluding carboxylic acids is 4. The van der Waals surface area contributed by atoms with Crippen LogP contribution in [0.5, 0.6) is 0 Å². The maximum Gasteiger partial charge on any atom is 0.472 e. The van der Waals surface area contributed by atoms with Crippen LogP contribution < -0.4 is 0 Å². The van der Waals surface area contributed by atoms with Crippen LogP contribution in [-0.2, 0) is 65.4 Å². The molecule has 0 aliphatic heterocycles. The van der Waals surface area contributed by atoms with Crippen molar-refractivity contribution in [2.45, 2.75) is 354 Å². The predicted molar refractivity (Wildman–Crippen MR) is 335 cm³/mol. The third-order valence-corrected chi connectivity index (χ3v) is 17.0. The zero-order chi connectivity index (χ0) is 61.9. The Morgan fingerprint density at radius 1 is 0.286 bits per heavy atom. The Morgan fingerprint density at radius 3 is 0.702 bits per heavy atom. The van der Waals surface area contributed by atoms with E-state index in [0.717, 1.165) is 109 Å². The molecular weight excluding hydrogens is 1110 g/mol. The van der Waals surface area contributed by atoms with Gasteiger partial charge in [0, 0.05) is 25.7 Å². The summed E-state index contributed by atoms with van der Waals surface area (Å²) in [6.45, 7) is 4.76. The summed E-state index contributed by atoms with van der Waals surface area (Å²) < 4.78 is 67.7. The highest BCUT2D eigenvalue weighted by Crippen LogP contribution is 2.45. The number of phosphoric ester groups is 2. The molecule has 84 heavy (non-hydrogen) atoms. The van der Waals surface area contributed by atoms with Crippen molar-refractivity contribution in [3.05, 3.63) is 0 Å². The van der Waals surface area contributed by atoms with Crippen LogP contribution in [0, 0.1) is 0 Å². The van der Waals surface area contributed by atoms with Gasteiger partial charge in [-0.3, -0.25) is 37.3 Å². The molecule has 0 saturated heterocycles. The van der Waals surface area contributed by atoms with Gasteiger partial charge in [-0.2, -0.15) is 0 Å². The molecule has 0 aliphatic rings. The van der Waals surface area contributed by atoms with Crippen LogP contribution in [0.2, 0.25) is 0 Å². The average Bonchev–Trinajstić information content (AvgIpc) is 3.56. The summed E-state index contributed by atoms with van der Waals surface area (Å²) in [6.07, 6.45) is 46.5. The molecule has 0 fully saturated rings. The van der Waals surface area contributed by atoms with Gasteiger partial charge in [-0.05, 0) is 25.7 Å². The number of phosphoric acid groups is 2. The van der Waals surface area contributed by atoms with Crippen molar-refractivity contribution < 1.29 is 80.2 Å². The molecule has 0 amide bonds. The average molecular weight is 1240 g/mol. The van der Waals surface area contributed by atoms with Crippen LogP contribution >= 0.6 is 15.6 Å². The van der Waals surface area contributed by atoms with Crippen molar-refractivity contribution >= 4 is 39.5 Å². The minimum atomic E-state index is -4.94. The molecule has 0 saturated carbocycles. The van der Waals surface area contributed by atoms with Crippen molar-refractivity contribution in [2.24, 2.45) is 0 Å². The first-order valence-corrected chi connectivity index (χ1v) is 37.3. The van der Waals surface area contributed by atoms with Gasteiger partial charge in [-0.1, -0.05) is 285 Å². The number of aliphatic hydroxyl groups excluding tert-OH is 1. The first kappa shape index (κ1) is 82.1. The Labute approximate surface area is 511 Å². The van der Waals surface area contributed by atoms with Gasteiger partial charge in [-0.25, -0.2) is 9.13 Å². The third-order valence-electron chi connectivity index (χ3n) is 15.1. The maximum absolute atomic E-state index is 13.0. The standard InChI is InChI=1S/C65H126O17P2/c1-5-9-13-17-20-22-24-25-26-27-28-29-30-31-32-33-35-37-40-44-48-52-65(70)82-61(56-76-63(68)50-46-42-39-36-34-23-21-18-14-10-6-2)58-80-84(73,74)78-54-59(66)53-77-83(71,72)79-57-60(55-75-62(67)49-45-41-16-12-8-4)81-64(69)51-47-43-38-19-15-11-7-3/h59-61,66H,5-58H2,1-4H3,(H,71,72)(H,73,74)/t59-,60+,61+/m0/s1. The van der Waals surface area contributed by atoms with Crippen LogP contribution in [0.15, 0.2) is 0 Å². The molecule has 0 aromatic carbocycles. The van der Waals surface area contributed by atoms with Crippen molar-refractivity contribution in [2.75, 3.05) is 39.6 Å². The van der Waals surface area contributed by atoms with E-state index in [2.05, 4.69) is 27.7 Å². The molecule has 3 N–H and O–H groups in total. The van der Waals surface area contributed by atoms with Crippen LogP contribution in [0.25, 0.3) is 0 Å². The fourth-order valence-corrected chi connectivity index (χ4v) is 11.4. The van der Waals surface area contributed by atoms with E-state index in [9.17, 15) is 43.2 Å². The lowest BCUT2D eigenvalue weighted by atomic mass is 10.0. The van der Waals surface area contributed by atoms with E-state index in [1.807, 2.05) is 0 Å². The van der Waals surface area contributed by atoms with Gasteiger partial charge >= 0.3 is 39.5 Å². The third kappa shape index (κ3) is 59.0. The molecule has 0 bridgehead atoms. The van der Waals surface area contributed by atoms with E-state index in [1.165, 1.54) is 148 Å². The Hall–Kier alpha value is -1.94. The normalized spacial score (nSPS) is 14.1. The van der Waals surface area contributed by atoms with Crippen LogP contribution in [0.1, 0.15) is 336 Å². The van der Waals surface area contributed by atoms with Gasteiger partial charge in [0.1, 0.15) is 19.3 Å². The lowest BCUT2D eigenvalue weighted by Crippen LogP contribution is -2.30. The zero-order valence-corrected chi connectivity index (χ0v) is 55.7. The van der Waals surface area contributed by atoms with Crippen molar-refractivity contribution in [3.8, 4) is 0 Å². The molecule has 0 heterocycles. The number of ether oxygens (including phenoxy) is 4. The minimum Gasteiger partial charge on any atom is -0.462 e. The molecule has 5 atom stereocenters. The molecule has 0 spiro atoms. The van der Waals surface area contributed by atoms with Gasteiger partial charge in [0.2, 0.25) is 0 Å². The molecule has 17 nitrogen and oxygen atoms in total. The highest BCUT2D eigenvalue weighted by atomic mass is 31.2. The van der Waals surface area contributed by atoms with E-state index in [-0.39, 0.29) is 25.7 Å². The molecule has 0 radical (unpaired) electrons. The summed E-state index contributed by atoms with van der Waals surface area (Å²) in [4.78, 5) is 71.8. The topological polar surface area (TPSA) is 237 Å². The molecule has 0 rings (SSSR count).